The van der Waals surface area contributed by atoms with Gasteiger partial charge in [0, 0.05) is 0 Å². The smallest absolute Gasteiger partial charge is 0.511 e. The van der Waals surface area contributed by atoms with Crippen molar-refractivity contribution >= 4 is 9.17 Å². The molecule has 0 aliphatic rings. The Morgan fingerprint density at radius 2 is 2.50 bits per heavy atom. The highest BCUT2D eigenvalue weighted by Crippen LogP contribution is 1.79. The molecule has 4 heteroatoms. The van der Waals surface area contributed by atoms with Gasteiger partial charge >= 0.3 is 9.17 Å². The van der Waals surface area contributed by atoms with E-state index in [1.807, 2.05) is 6.92 Å². The number of rotatable bonds is 3. The van der Waals surface area contributed by atoms with E-state index in [2.05, 4.69) is 4.43 Å². The van der Waals surface area contributed by atoms with E-state index in [0.717, 1.165) is 6.42 Å². The molecule has 0 saturated heterocycles. The Morgan fingerprint density at radius 1 is 1.88 bits per heavy atom. The highest BCUT2D eigenvalue weighted by molar-refractivity contribution is 6.24. The molecule has 0 aromatic rings. The van der Waals surface area contributed by atoms with Gasteiger partial charge in [0.1, 0.15) is 0 Å². The van der Waals surface area contributed by atoms with Crippen LogP contribution in [0.4, 0.5) is 0 Å². The molecule has 0 rings (SSSR count). The monoisotopic (exact) mass is 132 g/mol. The molecule has 0 bridgehead atoms. The molecule has 0 aliphatic heterocycles. The van der Waals surface area contributed by atoms with Crippen LogP contribution in [0.25, 0.3) is 0 Å². The molecule has 0 heterocycles. The second-order valence-electron chi connectivity index (χ2n) is 1.16. The first kappa shape index (κ1) is 7.36. The van der Waals surface area contributed by atoms with E-state index in [9.17, 15) is 4.46 Å². The van der Waals surface area contributed by atoms with E-state index in [0.29, 0.717) is 0 Å². The van der Waals surface area contributed by atoms with Crippen LogP contribution in [-0.4, -0.2) is 14.0 Å². The summed E-state index contributed by atoms with van der Waals surface area (Å²) in [4.78, 5) is 8.05. The van der Waals surface area contributed by atoms with Crippen LogP contribution in [0.15, 0.2) is 12.3 Å². The van der Waals surface area contributed by atoms with Crippen molar-refractivity contribution in [3.63, 3.8) is 0 Å². The zero-order chi connectivity index (χ0) is 6.41. The van der Waals surface area contributed by atoms with Crippen molar-refractivity contribution in [1.29, 1.82) is 0 Å². The second kappa shape index (κ2) is 4.51. The zero-order valence-corrected chi connectivity index (χ0v) is 5.63. The molecule has 46 valence electrons. The molecule has 0 fully saturated rings. The summed E-state index contributed by atoms with van der Waals surface area (Å²) in [5.74, 6) is 0. The molecule has 3 nitrogen and oxygen atoms in total. The Hall–Kier alpha value is -0.643. The van der Waals surface area contributed by atoms with E-state index in [4.69, 9.17) is 4.80 Å². The molecule has 0 amide bonds. The van der Waals surface area contributed by atoms with Crippen molar-refractivity contribution in [3.05, 3.63) is 12.3 Å². The third-order valence-electron chi connectivity index (χ3n) is 0.501. The van der Waals surface area contributed by atoms with E-state index in [1.165, 1.54) is 6.26 Å². The quantitative estimate of drug-likeness (QED) is 0.445. The molecule has 0 aromatic heterocycles. The summed E-state index contributed by atoms with van der Waals surface area (Å²) in [6.07, 6.45) is 3.72. The molecule has 0 unspecified atom stereocenters. The van der Waals surface area contributed by atoms with Crippen LogP contribution in [0.1, 0.15) is 13.3 Å². The first-order valence-corrected chi connectivity index (χ1v) is 3.58. The molecule has 8 heavy (non-hydrogen) atoms. The lowest BCUT2D eigenvalue weighted by atomic mass is 10.5. The molecule has 0 radical (unpaired) electrons. The van der Waals surface area contributed by atoms with Crippen LogP contribution < -0.4 is 0 Å². The number of hydrogen-bond donors (Lipinski definition) is 1. The van der Waals surface area contributed by atoms with Crippen LogP contribution >= 0.6 is 0 Å². The van der Waals surface area contributed by atoms with Gasteiger partial charge in [0.25, 0.3) is 0 Å². The normalized spacial score (nSPS) is 9.62. The molecular weight excluding hydrogens is 124 g/mol. The molecule has 0 atom stereocenters. The first-order valence-electron chi connectivity index (χ1n) is 2.32. The Bertz CT molecular complexity index is 99.5. The van der Waals surface area contributed by atoms with Gasteiger partial charge in [-0.25, -0.2) is 0 Å². The maximum atomic E-state index is 9.79. The summed E-state index contributed by atoms with van der Waals surface area (Å²) in [6.45, 7) is 1.91. The maximum absolute atomic E-state index is 9.79. The average Bonchev–Trinajstić information content (AvgIpc) is 1.66. The van der Waals surface area contributed by atoms with Gasteiger partial charge in [-0.3, -0.25) is 4.46 Å². The van der Waals surface area contributed by atoms with Crippen LogP contribution in [-0.2, 0) is 8.89 Å². The zero-order valence-electron chi connectivity index (χ0n) is 4.63. The molecule has 0 aromatic carbocycles. The lowest BCUT2D eigenvalue weighted by Gasteiger charge is -1.84. The Morgan fingerprint density at radius 3 is 2.88 bits per heavy atom. The van der Waals surface area contributed by atoms with Gasteiger partial charge in [0.15, 0.2) is 0 Å². The molecule has 0 aliphatic carbocycles. The molecular formula is C4H8O3Si. The summed E-state index contributed by atoms with van der Waals surface area (Å²) in [7, 11) is -2.74. The maximum Gasteiger partial charge on any atom is 0.769 e. The van der Waals surface area contributed by atoms with Gasteiger partial charge < -0.3 is 9.22 Å². The fourth-order valence-electron chi connectivity index (χ4n) is 0.203. The summed E-state index contributed by atoms with van der Waals surface area (Å²) in [5.41, 5.74) is 0. The average molecular weight is 132 g/mol. The van der Waals surface area contributed by atoms with Crippen LogP contribution in [0.5, 0.6) is 0 Å². The van der Waals surface area contributed by atoms with Crippen LogP contribution in [0.3, 0.4) is 0 Å². The minimum atomic E-state index is -2.74. The SMILES string of the molecule is CCC=CO[Si](=O)O. The van der Waals surface area contributed by atoms with Gasteiger partial charge in [-0.05, 0) is 6.42 Å². The third kappa shape index (κ3) is 5.36. The number of hydrogen-bond acceptors (Lipinski definition) is 2. The highest BCUT2D eigenvalue weighted by Gasteiger charge is 1.96. The van der Waals surface area contributed by atoms with Crippen LogP contribution in [0.2, 0.25) is 0 Å². The summed E-state index contributed by atoms with van der Waals surface area (Å²) in [5, 5.41) is 0. The van der Waals surface area contributed by atoms with Crippen molar-refractivity contribution < 1.29 is 13.7 Å². The Balaban J connectivity index is 3.16. The number of allylic oxidation sites excluding steroid dienone is 1. The van der Waals surface area contributed by atoms with E-state index < -0.39 is 9.17 Å². The fourth-order valence-corrected chi connectivity index (χ4v) is 0.415. The molecule has 0 saturated carbocycles. The van der Waals surface area contributed by atoms with E-state index in [1.54, 1.807) is 6.08 Å². The van der Waals surface area contributed by atoms with Crippen molar-refractivity contribution in [2.24, 2.45) is 0 Å². The van der Waals surface area contributed by atoms with Gasteiger partial charge in [-0.1, -0.05) is 13.0 Å². The lowest BCUT2D eigenvalue weighted by molar-refractivity contribution is 0.305. The van der Waals surface area contributed by atoms with Gasteiger partial charge in [-0.15, -0.1) is 0 Å². The predicted octanol–water partition coefficient (Wildman–Crippen LogP) is 0.334. The first-order chi connectivity index (χ1) is 3.77. The van der Waals surface area contributed by atoms with E-state index >= 15 is 0 Å². The Kier molecular flexibility index (Phi) is 4.15. The highest BCUT2D eigenvalue weighted by atomic mass is 28.3. The molecule has 0 spiro atoms. The summed E-state index contributed by atoms with van der Waals surface area (Å²) < 4.78 is 14.0. The van der Waals surface area contributed by atoms with Crippen molar-refractivity contribution in [1.82, 2.24) is 0 Å². The van der Waals surface area contributed by atoms with Crippen molar-refractivity contribution in [2.75, 3.05) is 0 Å². The fraction of sp³-hybridized carbons (Fsp3) is 0.500. The van der Waals surface area contributed by atoms with Crippen molar-refractivity contribution in [2.45, 2.75) is 13.3 Å². The van der Waals surface area contributed by atoms with Crippen LogP contribution in [0, 0.1) is 0 Å². The third-order valence-corrected chi connectivity index (χ3v) is 0.839. The molecule has 1 N–H and O–H groups in total. The predicted molar refractivity (Wildman–Crippen MR) is 29.2 cm³/mol. The largest absolute Gasteiger partial charge is 0.769 e. The standard InChI is InChI=1S/C4H8O3Si/c1-2-3-4-7-8(5)6/h3-5H,2H2,1H3. The van der Waals surface area contributed by atoms with Crippen molar-refractivity contribution in [3.8, 4) is 0 Å². The minimum Gasteiger partial charge on any atom is -0.511 e. The van der Waals surface area contributed by atoms with Gasteiger partial charge in [-0.2, -0.15) is 0 Å². The van der Waals surface area contributed by atoms with E-state index in [-0.39, 0.29) is 0 Å². The topological polar surface area (TPSA) is 46.5 Å². The summed E-state index contributed by atoms with van der Waals surface area (Å²) >= 11 is 0. The second-order valence-corrected chi connectivity index (χ2v) is 1.93. The van der Waals surface area contributed by atoms with Gasteiger partial charge in [0.2, 0.25) is 0 Å². The lowest BCUT2D eigenvalue weighted by Crippen LogP contribution is -1.98. The Labute approximate surface area is 49.5 Å². The van der Waals surface area contributed by atoms with Gasteiger partial charge in [0.05, 0.1) is 6.26 Å². The summed E-state index contributed by atoms with van der Waals surface area (Å²) in [6, 6.07) is 0. The minimum absolute atomic E-state index is 0.815.